The first-order chi connectivity index (χ1) is 15.1. The zero-order chi connectivity index (χ0) is 21.7. The Morgan fingerprint density at radius 3 is 1.97 bits per heavy atom. The zero-order valence-electron chi connectivity index (χ0n) is 17.9. The van der Waals surface area contributed by atoms with Crippen LogP contribution in [0.4, 0.5) is 0 Å². The van der Waals surface area contributed by atoms with Gasteiger partial charge in [-0.3, -0.25) is 9.69 Å². The Balaban J connectivity index is 1.60. The van der Waals surface area contributed by atoms with Crippen LogP contribution in [0.1, 0.15) is 36.1 Å². The molecule has 4 nitrogen and oxygen atoms in total. The number of hydrogen-bond acceptors (Lipinski definition) is 3. The molecular formula is C27H30N2O2. The van der Waals surface area contributed by atoms with Crippen molar-refractivity contribution in [3.8, 4) is 0 Å². The lowest BCUT2D eigenvalue weighted by Gasteiger charge is -2.33. The molecule has 1 heterocycles. The minimum atomic E-state index is -0.797. The molecule has 0 radical (unpaired) electrons. The van der Waals surface area contributed by atoms with Gasteiger partial charge in [-0.2, -0.15) is 0 Å². The number of hydrogen-bond donors (Lipinski definition) is 2. The molecule has 160 valence electrons. The van der Waals surface area contributed by atoms with Crippen LogP contribution in [0.5, 0.6) is 0 Å². The number of likely N-dealkylation sites (tertiary alicyclic amines) is 1. The molecule has 4 rings (SSSR count). The molecule has 0 aliphatic carbocycles. The van der Waals surface area contributed by atoms with Crippen molar-refractivity contribution in [2.75, 3.05) is 19.6 Å². The van der Waals surface area contributed by atoms with Gasteiger partial charge in [-0.15, -0.1) is 0 Å². The van der Waals surface area contributed by atoms with Crippen molar-refractivity contribution in [1.82, 2.24) is 10.2 Å². The smallest absolute Gasteiger partial charge is 0.234 e. The molecule has 0 bridgehead atoms. The van der Waals surface area contributed by atoms with Crippen LogP contribution in [-0.2, 0) is 10.2 Å². The molecule has 2 unspecified atom stereocenters. The van der Waals surface area contributed by atoms with Gasteiger partial charge in [-0.25, -0.2) is 0 Å². The van der Waals surface area contributed by atoms with E-state index in [0.29, 0.717) is 13.1 Å². The van der Waals surface area contributed by atoms with Gasteiger partial charge in [0.05, 0.1) is 17.6 Å². The first-order valence-corrected chi connectivity index (χ1v) is 11.0. The van der Waals surface area contributed by atoms with Gasteiger partial charge >= 0.3 is 0 Å². The Hall–Kier alpha value is -2.95. The van der Waals surface area contributed by atoms with Crippen molar-refractivity contribution < 1.29 is 9.90 Å². The second-order valence-corrected chi connectivity index (χ2v) is 8.43. The molecule has 1 amide bonds. The first kappa shape index (κ1) is 21.3. The van der Waals surface area contributed by atoms with Crippen LogP contribution < -0.4 is 5.32 Å². The number of β-amino-alcohol motifs (C(OH)–C–C–N with tert-alkyl or cyclic N) is 1. The molecule has 0 spiro atoms. The maximum atomic E-state index is 13.7. The average molecular weight is 415 g/mol. The fraction of sp³-hybridized carbons (Fsp3) is 0.296. The number of carbonyl (C=O) groups is 1. The summed E-state index contributed by atoms with van der Waals surface area (Å²) in [5, 5.41) is 13.3. The number of aliphatic hydroxyl groups excluding tert-OH is 1. The van der Waals surface area contributed by atoms with Gasteiger partial charge in [0.15, 0.2) is 0 Å². The van der Waals surface area contributed by atoms with E-state index >= 15 is 0 Å². The van der Waals surface area contributed by atoms with Crippen LogP contribution in [0.25, 0.3) is 0 Å². The first-order valence-electron chi connectivity index (χ1n) is 11.0. The maximum Gasteiger partial charge on any atom is 0.234 e. The largest absolute Gasteiger partial charge is 0.392 e. The van der Waals surface area contributed by atoms with Gasteiger partial charge in [0.2, 0.25) is 5.91 Å². The molecule has 1 aliphatic heterocycles. The lowest BCUT2D eigenvalue weighted by Crippen LogP contribution is -2.46. The predicted octanol–water partition coefficient (Wildman–Crippen LogP) is 3.92. The van der Waals surface area contributed by atoms with E-state index in [1.54, 1.807) is 0 Å². The summed E-state index contributed by atoms with van der Waals surface area (Å²) >= 11 is 0. The van der Waals surface area contributed by atoms with Crippen LogP contribution >= 0.6 is 0 Å². The highest BCUT2D eigenvalue weighted by atomic mass is 16.3. The standard InChI is InChI=1S/C27H30N2O2/c1-27(22-13-7-3-8-14-22,23-15-9-4-10-16-23)26(31)28-19-25(21-11-5-2-6-12-21)29-18-17-24(30)20-29/h2-16,24-25,30H,17-20H2,1H3,(H,28,31). The van der Waals surface area contributed by atoms with E-state index in [0.717, 1.165) is 29.7 Å². The Morgan fingerprint density at radius 1 is 0.968 bits per heavy atom. The summed E-state index contributed by atoms with van der Waals surface area (Å²) in [5.74, 6) is -0.0226. The Morgan fingerprint density at radius 2 is 1.48 bits per heavy atom. The highest BCUT2D eigenvalue weighted by Gasteiger charge is 2.38. The van der Waals surface area contributed by atoms with Crippen molar-refractivity contribution in [1.29, 1.82) is 0 Å². The highest BCUT2D eigenvalue weighted by Crippen LogP contribution is 2.33. The van der Waals surface area contributed by atoms with E-state index in [1.807, 2.05) is 85.8 Å². The molecule has 0 aromatic heterocycles. The number of nitrogens with zero attached hydrogens (tertiary/aromatic N) is 1. The fourth-order valence-corrected chi connectivity index (χ4v) is 4.52. The average Bonchev–Trinajstić information content (AvgIpc) is 3.26. The van der Waals surface area contributed by atoms with E-state index in [1.165, 1.54) is 0 Å². The fourth-order valence-electron chi connectivity index (χ4n) is 4.52. The van der Waals surface area contributed by atoms with E-state index in [2.05, 4.69) is 22.3 Å². The highest BCUT2D eigenvalue weighted by molar-refractivity contribution is 5.91. The number of benzene rings is 3. The molecule has 3 aromatic carbocycles. The third-order valence-corrected chi connectivity index (χ3v) is 6.43. The van der Waals surface area contributed by atoms with Crippen LogP contribution in [0.15, 0.2) is 91.0 Å². The maximum absolute atomic E-state index is 13.7. The summed E-state index contributed by atoms with van der Waals surface area (Å²) in [6.07, 6.45) is 0.462. The van der Waals surface area contributed by atoms with Crippen LogP contribution in [0.3, 0.4) is 0 Å². The molecule has 1 fully saturated rings. The summed E-state index contributed by atoms with van der Waals surface area (Å²) in [7, 11) is 0. The zero-order valence-corrected chi connectivity index (χ0v) is 17.9. The second-order valence-electron chi connectivity index (χ2n) is 8.43. The van der Waals surface area contributed by atoms with E-state index in [-0.39, 0.29) is 18.1 Å². The number of nitrogens with one attached hydrogen (secondary N) is 1. The minimum absolute atomic E-state index is 0.0226. The summed E-state index contributed by atoms with van der Waals surface area (Å²) in [4.78, 5) is 16.0. The third kappa shape index (κ3) is 4.55. The molecule has 0 saturated carbocycles. The van der Waals surface area contributed by atoms with E-state index in [9.17, 15) is 9.90 Å². The van der Waals surface area contributed by atoms with E-state index in [4.69, 9.17) is 0 Å². The van der Waals surface area contributed by atoms with Gasteiger partial charge in [0, 0.05) is 19.6 Å². The molecular weight excluding hydrogens is 384 g/mol. The van der Waals surface area contributed by atoms with Crippen LogP contribution in [0, 0.1) is 0 Å². The summed E-state index contributed by atoms with van der Waals surface area (Å²) in [6, 6.07) is 30.1. The van der Waals surface area contributed by atoms with Gasteiger partial charge in [0.25, 0.3) is 0 Å². The molecule has 3 aromatic rings. The summed E-state index contributed by atoms with van der Waals surface area (Å²) in [6.45, 7) is 3.93. The molecule has 1 saturated heterocycles. The molecule has 31 heavy (non-hydrogen) atoms. The number of carbonyl (C=O) groups excluding carboxylic acids is 1. The normalized spacial score (nSPS) is 17.9. The molecule has 2 N–H and O–H groups in total. The molecule has 2 atom stereocenters. The predicted molar refractivity (Wildman–Crippen MR) is 124 cm³/mol. The minimum Gasteiger partial charge on any atom is -0.392 e. The topological polar surface area (TPSA) is 52.6 Å². The molecule has 4 heteroatoms. The van der Waals surface area contributed by atoms with Crippen molar-refractivity contribution in [3.63, 3.8) is 0 Å². The lowest BCUT2D eigenvalue weighted by atomic mass is 9.75. The monoisotopic (exact) mass is 414 g/mol. The summed E-state index contributed by atoms with van der Waals surface area (Å²) < 4.78 is 0. The second kappa shape index (κ2) is 9.46. The van der Waals surface area contributed by atoms with Crippen molar-refractivity contribution in [2.24, 2.45) is 0 Å². The van der Waals surface area contributed by atoms with Crippen molar-refractivity contribution in [2.45, 2.75) is 30.9 Å². The molecule has 1 aliphatic rings. The van der Waals surface area contributed by atoms with Crippen LogP contribution in [-0.4, -0.2) is 41.7 Å². The van der Waals surface area contributed by atoms with Crippen molar-refractivity contribution >= 4 is 5.91 Å². The summed E-state index contributed by atoms with van der Waals surface area (Å²) in [5.41, 5.74) is 2.28. The Kier molecular flexibility index (Phi) is 6.50. The van der Waals surface area contributed by atoms with Crippen LogP contribution in [0.2, 0.25) is 0 Å². The quantitative estimate of drug-likeness (QED) is 0.616. The third-order valence-electron chi connectivity index (χ3n) is 6.43. The number of rotatable bonds is 7. The Bertz CT molecular complexity index is 936. The van der Waals surface area contributed by atoms with Gasteiger partial charge < -0.3 is 10.4 Å². The van der Waals surface area contributed by atoms with E-state index < -0.39 is 5.41 Å². The van der Waals surface area contributed by atoms with Gasteiger partial charge in [-0.1, -0.05) is 91.0 Å². The SMILES string of the molecule is CC(C(=O)NCC(c1ccccc1)N1CCC(O)C1)(c1ccccc1)c1ccccc1. The van der Waals surface area contributed by atoms with Gasteiger partial charge in [0.1, 0.15) is 0 Å². The lowest BCUT2D eigenvalue weighted by molar-refractivity contribution is -0.125. The Labute approximate surface area is 184 Å². The number of amides is 1. The van der Waals surface area contributed by atoms with Gasteiger partial charge in [-0.05, 0) is 30.0 Å². The number of aliphatic hydroxyl groups is 1. The van der Waals surface area contributed by atoms with Crippen molar-refractivity contribution in [3.05, 3.63) is 108 Å².